The topological polar surface area (TPSA) is 105 Å². The van der Waals surface area contributed by atoms with Crippen molar-refractivity contribution in [3.05, 3.63) is 16.4 Å². The summed E-state index contributed by atoms with van der Waals surface area (Å²) < 4.78 is 0. The molecule has 1 saturated heterocycles. The van der Waals surface area contributed by atoms with E-state index < -0.39 is 4.92 Å². The van der Waals surface area contributed by atoms with Crippen molar-refractivity contribution >= 4 is 17.3 Å². The number of anilines is 2. The molecule has 1 aliphatic heterocycles. The molecule has 24 heavy (non-hydrogen) atoms. The molecule has 0 unspecified atom stereocenters. The molecule has 3 N–H and O–H groups in total. The number of aromatic nitrogens is 2. The number of nitrogens with one attached hydrogen (secondary N) is 3. The Labute approximate surface area is 143 Å². The molecule has 0 spiro atoms. The molecule has 0 bridgehead atoms. The van der Waals surface area contributed by atoms with Gasteiger partial charge in [-0.05, 0) is 47.0 Å². The third kappa shape index (κ3) is 4.53. The first-order valence-electron chi connectivity index (χ1n) is 8.43. The van der Waals surface area contributed by atoms with Crippen molar-refractivity contribution in [1.82, 2.24) is 15.3 Å². The fourth-order valence-electron chi connectivity index (χ4n) is 3.65. The Hall–Kier alpha value is -1.96. The molecular formula is C16H28N6O2. The molecule has 8 nitrogen and oxygen atoms in total. The number of hydrogen-bond acceptors (Lipinski definition) is 7. The molecule has 0 aliphatic carbocycles. The highest BCUT2D eigenvalue weighted by molar-refractivity contribution is 5.69. The van der Waals surface area contributed by atoms with Crippen LogP contribution in [-0.4, -0.2) is 38.6 Å². The summed E-state index contributed by atoms with van der Waals surface area (Å²) in [5, 5.41) is 21.4. The highest BCUT2D eigenvalue weighted by Crippen LogP contribution is 2.34. The van der Waals surface area contributed by atoms with E-state index in [1.54, 1.807) is 0 Å². The first-order valence-corrected chi connectivity index (χ1v) is 8.43. The van der Waals surface area contributed by atoms with Gasteiger partial charge in [-0.15, -0.1) is 0 Å². The smallest absolute Gasteiger partial charge is 0.353 e. The Morgan fingerprint density at radius 1 is 1.25 bits per heavy atom. The van der Waals surface area contributed by atoms with Crippen molar-refractivity contribution in [1.29, 1.82) is 0 Å². The van der Waals surface area contributed by atoms with Crippen LogP contribution >= 0.6 is 0 Å². The molecule has 0 radical (unpaired) electrons. The van der Waals surface area contributed by atoms with Gasteiger partial charge in [0.1, 0.15) is 6.33 Å². The lowest BCUT2D eigenvalue weighted by Gasteiger charge is -2.46. The third-order valence-electron chi connectivity index (χ3n) is 4.08. The summed E-state index contributed by atoms with van der Waals surface area (Å²) in [4.78, 5) is 19.3. The molecule has 8 heteroatoms. The Morgan fingerprint density at radius 3 is 2.38 bits per heavy atom. The van der Waals surface area contributed by atoms with Crippen molar-refractivity contribution in [2.24, 2.45) is 0 Å². The molecule has 1 aliphatic rings. The van der Waals surface area contributed by atoms with Crippen molar-refractivity contribution in [3.63, 3.8) is 0 Å². The standard InChI is InChI=1S/C16H28N6O2/c1-6-7-17-13-12(22(23)24)14(19-10-18-13)20-11-8-15(2,3)21-16(4,5)9-11/h10-11,21H,6-9H2,1-5H3,(H2,17,18,19,20). The second-order valence-corrected chi connectivity index (χ2v) is 7.75. The first-order chi connectivity index (χ1) is 11.1. The fraction of sp³-hybridized carbons (Fsp3) is 0.750. The van der Waals surface area contributed by atoms with E-state index in [0.29, 0.717) is 6.54 Å². The van der Waals surface area contributed by atoms with Crippen LogP contribution in [0.1, 0.15) is 53.9 Å². The monoisotopic (exact) mass is 336 g/mol. The van der Waals surface area contributed by atoms with Crippen molar-refractivity contribution < 1.29 is 4.92 Å². The van der Waals surface area contributed by atoms with E-state index in [1.165, 1.54) is 6.33 Å². The quantitative estimate of drug-likeness (QED) is 0.542. The zero-order chi connectivity index (χ0) is 18.0. The van der Waals surface area contributed by atoms with Crippen LogP contribution in [0, 0.1) is 10.1 Å². The number of nitro groups is 1. The minimum absolute atomic E-state index is 0.0511. The molecule has 0 saturated carbocycles. The zero-order valence-corrected chi connectivity index (χ0v) is 15.1. The van der Waals surface area contributed by atoms with Crippen LogP contribution in [0.25, 0.3) is 0 Å². The van der Waals surface area contributed by atoms with Crippen LogP contribution in [0.4, 0.5) is 17.3 Å². The summed E-state index contributed by atoms with van der Waals surface area (Å²) in [6.45, 7) is 11.2. The minimum Gasteiger partial charge on any atom is -0.364 e. The van der Waals surface area contributed by atoms with Crippen molar-refractivity contribution in [3.8, 4) is 0 Å². The second kappa shape index (κ2) is 6.88. The average Bonchev–Trinajstić information content (AvgIpc) is 2.41. The molecule has 1 fully saturated rings. The maximum Gasteiger partial charge on any atom is 0.353 e. The lowest BCUT2D eigenvalue weighted by Crippen LogP contribution is -2.60. The van der Waals surface area contributed by atoms with Gasteiger partial charge in [-0.2, -0.15) is 0 Å². The second-order valence-electron chi connectivity index (χ2n) is 7.75. The first kappa shape index (κ1) is 18.4. The van der Waals surface area contributed by atoms with Gasteiger partial charge in [-0.25, -0.2) is 9.97 Å². The Bertz CT molecular complexity index is 586. The molecular weight excluding hydrogens is 308 g/mol. The average molecular weight is 336 g/mol. The largest absolute Gasteiger partial charge is 0.364 e. The Balaban J connectivity index is 2.27. The van der Waals surface area contributed by atoms with Crippen molar-refractivity contribution in [2.75, 3.05) is 17.2 Å². The van der Waals surface area contributed by atoms with Gasteiger partial charge in [-0.1, -0.05) is 6.92 Å². The Kier molecular flexibility index (Phi) is 5.27. The number of rotatable bonds is 6. The summed E-state index contributed by atoms with van der Waals surface area (Å²) in [7, 11) is 0. The summed E-state index contributed by atoms with van der Waals surface area (Å²) in [5.41, 5.74) is -0.185. The SMILES string of the molecule is CCCNc1ncnc(NC2CC(C)(C)NC(C)(C)C2)c1[N+](=O)[O-]. The van der Waals surface area contributed by atoms with E-state index in [2.05, 4.69) is 53.6 Å². The van der Waals surface area contributed by atoms with Crippen LogP contribution < -0.4 is 16.0 Å². The van der Waals surface area contributed by atoms with E-state index in [9.17, 15) is 10.1 Å². The van der Waals surface area contributed by atoms with E-state index in [-0.39, 0.29) is 34.4 Å². The van der Waals surface area contributed by atoms with Crippen LogP contribution in [0.3, 0.4) is 0 Å². The van der Waals surface area contributed by atoms with Crippen LogP contribution in [0.5, 0.6) is 0 Å². The van der Waals surface area contributed by atoms with Gasteiger partial charge >= 0.3 is 5.69 Å². The normalized spacial score (nSPS) is 19.7. The minimum atomic E-state index is -0.419. The van der Waals surface area contributed by atoms with E-state index >= 15 is 0 Å². The van der Waals surface area contributed by atoms with Gasteiger partial charge in [-0.3, -0.25) is 10.1 Å². The Morgan fingerprint density at radius 2 is 1.83 bits per heavy atom. The zero-order valence-electron chi connectivity index (χ0n) is 15.1. The summed E-state index contributed by atoms with van der Waals surface area (Å²) in [5.74, 6) is 0.555. The lowest BCUT2D eigenvalue weighted by atomic mass is 9.79. The van der Waals surface area contributed by atoms with Gasteiger partial charge in [0, 0.05) is 23.7 Å². The highest BCUT2D eigenvalue weighted by Gasteiger charge is 2.38. The number of piperidine rings is 1. The van der Waals surface area contributed by atoms with Gasteiger partial charge in [0.2, 0.25) is 11.6 Å². The van der Waals surface area contributed by atoms with Gasteiger partial charge in [0.05, 0.1) is 4.92 Å². The summed E-state index contributed by atoms with van der Waals surface area (Å²) in [6, 6.07) is 0.101. The summed E-state index contributed by atoms with van der Waals surface area (Å²) in [6.07, 6.45) is 3.94. The summed E-state index contributed by atoms with van der Waals surface area (Å²) >= 11 is 0. The van der Waals surface area contributed by atoms with Gasteiger partial charge in [0.25, 0.3) is 0 Å². The van der Waals surface area contributed by atoms with Crippen LogP contribution in [-0.2, 0) is 0 Å². The maximum absolute atomic E-state index is 11.5. The lowest BCUT2D eigenvalue weighted by molar-refractivity contribution is -0.383. The predicted molar refractivity (Wildman–Crippen MR) is 95.4 cm³/mol. The van der Waals surface area contributed by atoms with E-state index in [4.69, 9.17) is 0 Å². The molecule has 0 amide bonds. The van der Waals surface area contributed by atoms with Crippen LogP contribution in [0.15, 0.2) is 6.33 Å². The molecule has 1 aromatic heterocycles. The molecule has 0 atom stereocenters. The van der Waals surface area contributed by atoms with E-state index in [1.807, 2.05) is 6.92 Å². The molecule has 134 valence electrons. The molecule has 2 rings (SSSR count). The van der Waals surface area contributed by atoms with Crippen LogP contribution in [0.2, 0.25) is 0 Å². The van der Waals surface area contributed by atoms with E-state index in [0.717, 1.165) is 19.3 Å². The number of nitrogens with zero attached hydrogens (tertiary/aromatic N) is 3. The fourth-order valence-corrected chi connectivity index (χ4v) is 3.65. The molecule has 1 aromatic rings. The van der Waals surface area contributed by atoms with Gasteiger partial charge in [0.15, 0.2) is 0 Å². The molecule has 2 heterocycles. The maximum atomic E-state index is 11.5. The highest BCUT2D eigenvalue weighted by atomic mass is 16.6. The van der Waals surface area contributed by atoms with Crippen molar-refractivity contribution in [2.45, 2.75) is 71.0 Å². The van der Waals surface area contributed by atoms with Gasteiger partial charge < -0.3 is 16.0 Å². The molecule has 0 aromatic carbocycles. The third-order valence-corrected chi connectivity index (χ3v) is 4.08. The number of hydrogen-bond donors (Lipinski definition) is 3. The predicted octanol–water partition coefficient (Wildman–Crippen LogP) is 2.93.